The Bertz CT molecular complexity index is 1030. The van der Waals surface area contributed by atoms with Gasteiger partial charge in [-0.1, -0.05) is 6.07 Å². The van der Waals surface area contributed by atoms with Crippen LogP contribution in [0.5, 0.6) is 0 Å². The fourth-order valence-corrected chi connectivity index (χ4v) is 3.78. The van der Waals surface area contributed by atoms with Crippen molar-refractivity contribution in [1.29, 1.82) is 0 Å². The molecule has 0 bridgehead atoms. The van der Waals surface area contributed by atoms with Crippen LogP contribution in [0.15, 0.2) is 41.3 Å². The number of sulfonamides is 1. The number of amides is 1. The van der Waals surface area contributed by atoms with Gasteiger partial charge in [0.05, 0.1) is 24.1 Å². The third-order valence-electron chi connectivity index (χ3n) is 4.32. The Morgan fingerprint density at radius 1 is 1.03 bits per heavy atom. The van der Waals surface area contributed by atoms with Crippen molar-refractivity contribution in [1.82, 2.24) is 4.31 Å². The van der Waals surface area contributed by atoms with Crippen LogP contribution in [0.2, 0.25) is 0 Å². The molecule has 29 heavy (non-hydrogen) atoms. The first-order chi connectivity index (χ1) is 13.6. The van der Waals surface area contributed by atoms with Gasteiger partial charge in [-0.25, -0.2) is 17.5 Å². The maximum Gasteiger partial charge on any atom is 0.337 e. The van der Waals surface area contributed by atoms with E-state index in [4.69, 9.17) is 0 Å². The number of aryl methyl sites for hydroxylation is 2. The van der Waals surface area contributed by atoms with Crippen LogP contribution in [0.4, 0.5) is 11.4 Å². The summed E-state index contributed by atoms with van der Waals surface area (Å²) < 4.78 is 30.6. The minimum atomic E-state index is -3.61. The maximum atomic E-state index is 12.4. The van der Waals surface area contributed by atoms with Crippen molar-refractivity contribution >= 4 is 33.3 Å². The van der Waals surface area contributed by atoms with Crippen LogP contribution in [0.25, 0.3) is 0 Å². The summed E-state index contributed by atoms with van der Waals surface area (Å²) in [6.45, 7) is 3.48. The quantitative estimate of drug-likeness (QED) is 0.668. The number of anilines is 2. The minimum absolute atomic E-state index is 0.0257. The van der Waals surface area contributed by atoms with E-state index in [-0.39, 0.29) is 17.3 Å². The summed E-state index contributed by atoms with van der Waals surface area (Å²) in [5, 5.41) is 5.69. The van der Waals surface area contributed by atoms with Crippen molar-refractivity contribution in [3.8, 4) is 0 Å². The molecule has 2 aromatic rings. The first-order valence-electron chi connectivity index (χ1n) is 8.82. The van der Waals surface area contributed by atoms with Gasteiger partial charge < -0.3 is 15.4 Å². The molecule has 0 aliphatic carbocycles. The van der Waals surface area contributed by atoms with Crippen LogP contribution in [-0.4, -0.2) is 52.3 Å². The van der Waals surface area contributed by atoms with Gasteiger partial charge in [0, 0.05) is 25.5 Å². The molecule has 156 valence electrons. The first kappa shape index (κ1) is 22.4. The second-order valence-electron chi connectivity index (χ2n) is 6.69. The minimum Gasteiger partial charge on any atom is -0.465 e. The van der Waals surface area contributed by atoms with Gasteiger partial charge in [-0.3, -0.25) is 4.79 Å². The molecule has 1 amide bonds. The zero-order valence-corrected chi connectivity index (χ0v) is 17.9. The molecule has 0 fully saturated rings. The SMILES string of the molecule is COC(=O)c1ccc(NCC(=O)Nc2ccc(C)c(S(=O)(=O)N(C)C)c2)c(C)c1. The molecule has 9 heteroatoms. The molecule has 2 rings (SSSR count). The van der Waals surface area contributed by atoms with E-state index in [9.17, 15) is 18.0 Å². The molecule has 8 nitrogen and oxygen atoms in total. The fraction of sp³-hybridized carbons (Fsp3) is 0.300. The van der Waals surface area contributed by atoms with Crippen LogP contribution in [0.1, 0.15) is 21.5 Å². The number of ether oxygens (including phenoxy) is 1. The van der Waals surface area contributed by atoms with Gasteiger partial charge in [-0.15, -0.1) is 0 Å². The molecule has 0 saturated carbocycles. The predicted molar refractivity (Wildman–Crippen MR) is 112 cm³/mol. The highest BCUT2D eigenvalue weighted by Gasteiger charge is 2.20. The Labute approximate surface area is 170 Å². The standard InChI is InChI=1S/C20H25N3O5S/c1-13-6-8-16(11-18(13)29(26,27)23(3)4)22-19(24)12-21-17-9-7-15(10-14(17)2)20(25)28-5/h6-11,21H,12H2,1-5H3,(H,22,24). The molecular formula is C20H25N3O5S. The second-order valence-corrected chi connectivity index (χ2v) is 8.81. The molecule has 0 unspecified atom stereocenters. The Morgan fingerprint density at radius 3 is 2.31 bits per heavy atom. The van der Waals surface area contributed by atoms with Crippen LogP contribution in [0.3, 0.4) is 0 Å². The van der Waals surface area contributed by atoms with Crippen molar-refractivity contribution < 1.29 is 22.7 Å². The Balaban J connectivity index is 2.08. The van der Waals surface area contributed by atoms with E-state index >= 15 is 0 Å². The topological polar surface area (TPSA) is 105 Å². The fourth-order valence-electron chi connectivity index (χ4n) is 2.64. The Morgan fingerprint density at radius 2 is 1.72 bits per heavy atom. The molecule has 0 spiro atoms. The van der Waals surface area contributed by atoms with E-state index in [1.165, 1.54) is 27.3 Å². The summed E-state index contributed by atoms with van der Waals surface area (Å²) in [5.41, 5.74) is 2.90. The van der Waals surface area contributed by atoms with Crippen molar-refractivity contribution in [3.05, 3.63) is 53.1 Å². The van der Waals surface area contributed by atoms with Crippen molar-refractivity contribution in [2.45, 2.75) is 18.7 Å². The molecule has 2 aromatic carbocycles. The number of nitrogens with one attached hydrogen (secondary N) is 2. The summed E-state index contributed by atoms with van der Waals surface area (Å²) >= 11 is 0. The smallest absolute Gasteiger partial charge is 0.337 e. The van der Waals surface area contributed by atoms with Crippen LogP contribution < -0.4 is 10.6 Å². The summed E-state index contributed by atoms with van der Waals surface area (Å²) in [4.78, 5) is 24.0. The molecule has 0 saturated heterocycles. The highest BCUT2D eigenvalue weighted by molar-refractivity contribution is 7.89. The van der Waals surface area contributed by atoms with E-state index in [0.29, 0.717) is 22.5 Å². The highest BCUT2D eigenvalue weighted by Crippen LogP contribution is 2.22. The summed E-state index contributed by atoms with van der Waals surface area (Å²) in [5.74, 6) is -0.765. The summed E-state index contributed by atoms with van der Waals surface area (Å²) in [6.07, 6.45) is 0. The lowest BCUT2D eigenvalue weighted by atomic mass is 10.1. The maximum absolute atomic E-state index is 12.4. The number of carbonyl (C=O) groups excluding carboxylic acids is 2. The lowest BCUT2D eigenvalue weighted by Gasteiger charge is -2.15. The van der Waals surface area contributed by atoms with Gasteiger partial charge in [0.25, 0.3) is 0 Å². The molecule has 0 aliphatic rings. The monoisotopic (exact) mass is 419 g/mol. The number of esters is 1. The number of hydrogen-bond donors (Lipinski definition) is 2. The number of nitrogens with zero attached hydrogens (tertiary/aromatic N) is 1. The van der Waals surface area contributed by atoms with Crippen molar-refractivity contribution in [2.75, 3.05) is 38.4 Å². The van der Waals surface area contributed by atoms with Crippen LogP contribution in [0, 0.1) is 13.8 Å². The number of benzene rings is 2. The number of carbonyl (C=O) groups is 2. The van der Waals surface area contributed by atoms with E-state index in [1.807, 2.05) is 6.92 Å². The van der Waals surface area contributed by atoms with Gasteiger partial charge in [-0.2, -0.15) is 0 Å². The largest absolute Gasteiger partial charge is 0.465 e. The normalized spacial score (nSPS) is 11.2. The number of hydrogen-bond acceptors (Lipinski definition) is 6. The van der Waals surface area contributed by atoms with Crippen molar-refractivity contribution in [2.24, 2.45) is 0 Å². The molecule has 2 N–H and O–H groups in total. The van der Waals surface area contributed by atoms with Gasteiger partial charge in [0.15, 0.2) is 0 Å². The van der Waals surface area contributed by atoms with Crippen LogP contribution >= 0.6 is 0 Å². The lowest BCUT2D eigenvalue weighted by Crippen LogP contribution is -2.24. The first-order valence-corrected chi connectivity index (χ1v) is 10.3. The van der Waals surface area contributed by atoms with Gasteiger partial charge >= 0.3 is 5.97 Å². The molecule has 0 radical (unpaired) electrons. The van der Waals surface area contributed by atoms with E-state index < -0.39 is 16.0 Å². The van der Waals surface area contributed by atoms with Crippen LogP contribution in [-0.2, 0) is 19.6 Å². The predicted octanol–water partition coefficient (Wildman–Crippen LogP) is 2.39. The molecule has 0 aliphatic heterocycles. The molecular weight excluding hydrogens is 394 g/mol. The van der Waals surface area contributed by atoms with E-state index in [2.05, 4.69) is 15.4 Å². The number of rotatable bonds is 7. The summed E-state index contributed by atoms with van der Waals surface area (Å²) in [6, 6.07) is 9.72. The zero-order valence-electron chi connectivity index (χ0n) is 17.1. The third kappa shape index (κ3) is 5.33. The average Bonchev–Trinajstić information content (AvgIpc) is 2.67. The average molecular weight is 420 g/mol. The van der Waals surface area contributed by atoms with Crippen molar-refractivity contribution in [3.63, 3.8) is 0 Å². The lowest BCUT2D eigenvalue weighted by molar-refractivity contribution is -0.114. The van der Waals surface area contributed by atoms with Gasteiger partial charge in [0.1, 0.15) is 0 Å². The van der Waals surface area contributed by atoms with Gasteiger partial charge in [-0.05, 0) is 55.3 Å². The zero-order chi connectivity index (χ0) is 21.8. The Kier molecular flexibility index (Phi) is 6.99. The molecule has 0 heterocycles. The molecule has 0 aromatic heterocycles. The Hall–Kier alpha value is -2.91. The third-order valence-corrected chi connectivity index (χ3v) is 6.27. The highest BCUT2D eigenvalue weighted by atomic mass is 32.2. The summed E-state index contributed by atoms with van der Waals surface area (Å²) in [7, 11) is 0.615. The second kappa shape index (κ2) is 9.06. The van der Waals surface area contributed by atoms with E-state index in [1.54, 1.807) is 37.3 Å². The molecule has 0 atom stereocenters. The number of methoxy groups -OCH3 is 1. The van der Waals surface area contributed by atoms with E-state index in [0.717, 1.165) is 9.87 Å². The van der Waals surface area contributed by atoms with Gasteiger partial charge in [0.2, 0.25) is 15.9 Å².